The summed E-state index contributed by atoms with van der Waals surface area (Å²) in [6.45, 7) is 2.55. The lowest BCUT2D eigenvalue weighted by Crippen LogP contribution is -2.23. The second-order valence-corrected chi connectivity index (χ2v) is 10.2. The average molecular weight is 508 g/mol. The van der Waals surface area contributed by atoms with Crippen LogP contribution in [0, 0.1) is 6.92 Å². The molecular formula is C24H18BrN3OS2. The summed E-state index contributed by atoms with van der Waals surface area (Å²) < 4.78 is 3.50. The van der Waals surface area contributed by atoms with Gasteiger partial charge in [0.2, 0.25) is 0 Å². The van der Waals surface area contributed by atoms with Gasteiger partial charge in [-0.25, -0.2) is 9.97 Å². The molecule has 0 bridgehead atoms. The highest BCUT2D eigenvalue weighted by Crippen LogP contribution is 2.31. The summed E-state index contributed by atoms with van der Waals surface area (Å²) in [6.07, 6.45) is 1.76. The Kier molecular flexibility index (Phi) is 5.65. The van der Waals surface area contributed by atoms with Crippen molar-refractivity contribution in [2.24, 2.45) is 0 Å². The quantitative estimate of drug-likeness (QED) is 0.203. The summed E-state index contributed by atoms with van der Waals surface area (Å²) in [4.78, 5) is 23.8. The molecule has 5 aromatic rings. The van der Waals surface area contributed by atoms with Crippen molar-refractivity contribution in [1.29, 1.82) is 0 Å². The van der Waals surface area contributed by atoms with Gasteiger partial charge >= 0.3 is 0 Å². The zero-order valence-corrected chi connectivity index (χ0v) is 19.9. The second-order valence-electron chi connectivity index (χ2n) is 7.33. The van der Waals surface area contributed by atoms with E-state index in [1.165, 1.54) is 22.5 Å². The van der Waals surface area contributed by atoms with Crippen molar-refractivity contribution < 1.29 is 0 Å². The number of aromatic nitrogens is 3. The predicted octanol–water partition coefficient (Wildman–Crippen LogP) is 6.42. The number of hydrogen-bond donors (Lipinski definition) is 0. The maximum Gasteiger partial charge on any atom is 0.272 e. The average Bonchev–Trinajstić information content (AvgIpc) is 3.15. The van der Waals surface area contributed by atoms with Gasteiger partial charge in [0.15, 0.2) is 5.16 Å². The first-order chi connectivity index (χ1) is 15.1. The first-order valence-electron chi connectivity index (χ1n) is 9.79. The van der Waals surface area contributed by atoms with Crippen molar-refractivity contribution in [3.63, 3.8) is 0 Å². The van der Waals surface area contributed by atoms with E-state index in [4.69, 9.17) is 4.98 Å². The van der Waals surface area contributed by atoms with E-state index in [1.54, 1.807) is 22.5 Å². The van der Waals surface area contributed by atoms with Crippen molar-refractivity contribution in [3.05, 3.63) is 98.4 Å². The molecule has 0 N–H and O–H groups in total. The van der Waals surface area contributed by atoms with E-state index in [9.17, 15) is 4.79 Å². The molecule has 0 saturated heterocycles. The molecule has 0 spiro atoms. The first-order valence-corrected chi connectivity index (χ1v) is 12.4. The van der Waals surface area contributed by atoms with Crippen molar-refractivity contribution in [2.75, 3.05) is 0 Å². The number of benzene rings is 2. The van der Waals surface area contributed by atoms with Gasteiger partial charge in [-0.15, -0.1) is 11.3 Å². The van der Waals surface area contributed by atoms with E-state index in [-0.39, 0.29) is 5.56 Å². The summed E-state index contributed by atoms with van der Waals surface area (Å²) in [5.41, 5.74) is 4.19. The minimum atomic E-state index is -0.00897. The maximum atomic E-state index is 13.5. The van der Waals surface area contributed by atoms with Crippen LogP contribution in [-0.4, -0.2) is 14.5 Å². The molecule has 0 radical (unpaired) electrons. The Morgan fingerprint density at radius 2 is 1.90 bits per heavy atom. The van der Waals surface area contributed by atoms with Gasteiger partial charge in [-0.1, -0.05) is 69.7 Å². The van der Waals surface area contributed by atoms with E-state index in [1.807, 2.05) is 24.3 Å². The minimum Gasteiger partial charge on any atom is -0.282 e. The summed E-state index contributed by atoms with van der Waals surface area (Å²) >= 11 is 6.54. The van der Waals surface area contributed by atoms with E-state index >= 15 is 0 Å². The highest BCUT2D eigenvalue weighted by molar-refractivity contribution is 9.10. The molecular weight excluding hydrogens is 490 g/mol. The largest absolute Gasteiger partial charge is 0.282 e. The Hall–Kier alpha value is -2.48. The van der Waals surface area contributed by atoms with Gasteiger partial charge in [0.25, 0.3) is 5.56 Å². The van der Waals surface area contributed by atoms with Crippen LogP contribution in [0.1, 0.15) is 16.7 Å². The SMILES string of the molecule is Cc1ccc(Cn2c(SCc3cccc(Br)c3)nc3c(sc4ncccc43)c2=O)cc1. The molecule has 3 aromatic heterocycles. The molecule has 5 rings (SSSR count). The summed E-state index contributed by atoms with van der Waals surface area (Å²) in [7, 11) is 0. The van der Waals surface area contributed by atoms with Gasteiger partial charge in [-0.3, -0.25) is 9.36 Å². The fraction of sp³-hybridized carbons (Fsp3) is 0.125. The zero-order chi connectivity index (χ0) is 21.4. The summed E-state index contributed by atoms with van der Waals surface area (Å²) in [6, 6.07) is 20.4. The third-order valence-electron chi connectivity index (χ3n) is 5.04. The van der Waals surface area contributed by atoms with Gasteiger partial charge in [0.1, 0.15) is 9.53 Å². The molecule has 0 fully saturated rings. The minimum absolute atomic E-state index is 0.00897. The fourth-order valence-electron chi connectivity index (χ4n) is 3.44. The molecule has 3 heterocycles. The predicted molar refractivity (Wildman–Crippen MR) is 133 cm³/mol. The topological polar surface area (TPSA) is 47.8 Å². The van der Waals surface area contributed by atoms with Gasteiger partial charge < -0.3 is 0 Å². The Bertz CT molecular complexity index is 1460. The Labute approximate surface area is 196 Å². The first kappa shape index (κ1) is 20.4. The van der Waals surface area contributed by atoms with Gasteiger partial charge in [0.05, 0.1) is 12.1 Å². The molecule has 0 atom stereocenters. The summed E-state index contributed by atoms with van der Waals surface area (Å²) in [5.74, 6) is 0.728. The molecule has 0 amide bonds. The van der Waals surface area contributed by atoms with Crippen molar-refractivity contribution in [3.8, 4) is 0 Å². The van der Waals surface area contributed by atoms with Crippen LogP contribution in [-0.2, 0) is 12.3 Å². The normalized spacial score (nSPS) is 11.4. The lowest BCUT2D eigenvalue weighted by molar-refractivity contribution is 0.659. The Morgan fingerprint density at radius 1 is 1.06 bits per heavy atom. The van der Waals surface area contributed by atoms with Crippen molar-refractivity contribution >= 4 is 59.5 Å². The number of thioether (sulfide) groups is 1. The second kappa shape index (κ2) is 8.57. The number of pyridine rings is 1. The molecule has 154 valence electrons. The van der Waals surface area contributed by atoms with Gasteiger partial charge in [0, 0.05) is 21.8 Å². The Balaban J connectivity index is 1.63. The molecule has 31 heavy (non-hydrogen) atoms. The van der Waals surface area contributed by atoms with Crippen LogP contribution in [0.3, 0.4) is 0 Å². The zero-order valence-electron chi connectivity index (χ0n) is 16.7. The monoisotopic (exact) mass is 507 g/mol. The molecule has 4 nitrogen and oxygen atoms in total. The van der Waals surface area contributed by atoms with Crippen LogP contribution >= 0.6 is 39.0 Å². The highest BCUT2D eigenvalue weighted by atomic mass is 79.9. The lowest BCUT2D eigenvalue weighted by atomic mass is 10.1. The molecule has 7 heteroatoms. The van der Waals surface area contributed by atoms with Crippen LogP contribution in [0.2, 0.25) is 0 Å². The fourth-order valence-corrected chi connectivity index (χ4v) is 5.85. The number of halogens is 1. The van der Waals surface area contributed by atoms with E-state index in [0.717, 1.165) is 36.7 Å². The highest BCUT2D eigenvalue weighted by Gasteiger charge is 2.17. The van der Waals surface area contributed by atoms with Crippen LogP contribution in [0.25, 0.3) is 20.4 Å². The third-order valence-corrected chi connectivity index (χ3v) is 7.67. The standard InChI is InChI=1S/C24H18BrN3OS2/c1-15-7-9-16(10-8-15)13-28-23(29)21-20(19-6-3-11-26-22(19)31-21)27-24(28)30-14-17-4-2-5-18(25)12-17/h2-12H,13-14H2,1H3. The van der Waals surface area contributed by atoms with Crippen molar-refractivity contribution in [2.45, 2.75) is 24.4 Å². The molecule has 0 aliphatic rings. The molecule has 0 saturated carbocycles. The van der Waals surface area contributed by atoms with Crippen molar-refractivity contribution in [1.82, 2.24) is 14.5 Å². The van der Waals surface area contributed by atoms with Gasteiger partial charge in [-0.2, -0.15) is 0 Å². The van der Waals surface area contributed by atoms with E-state index < -0.39 is 0 Å². The molecule has 2 aromatic carbocycles. The van der Waals surface area contributed by atoms with Crippen LogP contribution < -0.4 is 5.56 Å². The number of hydrogen-bond acceptors (Lipinski definition) is 5. The van der Waals surface area contributed by atoms with Crippen LogP contribution in [0.15, 0.2) is 81.3 Å². The third kappa shape index (κ3) is 4.18. The van der Waals surface area contributed by atoms with E-state index in [0.29, 0.717) is 11.2 Å². The maximum absolute atomic E-state index is 13.5. The van der Waals surface area contributed by atoms with Gasteiger partial charge in [-0.05, 0) is 42.3 Å². The number of fused-ring (bicyclic) bond motifs is 3. The van der Waals surface area contributed by atoms with Crippen LogP contribution in [0.4, 0.5) is 0 Å². The summed E-state index contributed by atoms with van der Waals surface area (Å²) in [5, 5.41) is 1.66. The van der Waals surface area contributed by atoms with E-state index in [2.05, 4.69) is 64.2 Å². The molecule has 0 aliphatic heterocycles. The number of thiophene rings is 1. The molecule has 0 aliphatic carbocycles. The van der Waals surface area contributed by atoms with Crippen LogP contribution in [0.5, 0.6) is 0 Å². The smallest absolute Gasteiger partial charge is 0.272 e. The Morgan fingerprint density at radius 3 is 2.71 bits per heavy atom. The number of rotatable bonds is 5. The number of aryl methyl sites for hydroxylation is 1. The lowest BCUT2D eigenvalue weighted by Gasteiger charge is -2.12. The molecule has 0 unspecified atom stereocenters. The number of nitrogens with zero attached hydrogens (tertiary/aromatic N) is 3.